The van der Waals surface area contributed by atoms with E-state index in [4.69, 9.17) is 0 Å². The number of hydrogen-bond acceptors (Lipinski definition) is 3. The van der Waals surface area contributed by atoms with Crippen LogP contribution in [0.15, 0.2) is 42.5 Å². The van der Waals surface area contributed by atoms with Gasteiger partial charge in [0.15, 0.2) is 0 Å². The summed E-state index contributed by atoms with van der Waals surface area (Å²) in [6.07, 6.45) is 4.13. The van der Waals surface area contributed by atoms with Gasteiger partial charge in [-0.3, -0.25) is 4.79 Å². The minimum Gasteiger partial charge on any atom is -0.341 e. The predicted molar refractivity (Wildman–Crippen MR) is 119 cm³/mol. The zero-order chi connectivity index (χ0) is 22.9. The van der Waals surface area contributed by atoms with Gasteiger partial charge in [0.05, 0.1) is 22.6 Å². The fourth-order valence-electron chi connectivity index (χ4n) is 4.76. The molecule has 1 saturated carbocycles. The molecule has 0 bridgehead atoms. The van der Waals surface area contributed by atoms with Gasteiger partial charge in [0, 0.05) is 31.3 Å². The van der Waals surface area contributed by atoms with E-state index in [0.29, 0.717) is 37.1 Å². The van der Waals surface area contributed by atoms with Gasteiger partial charge in [-0.1, -0.05) is 30.3 Å². The summed E-state index contributed by atoms with van der Waals surface area (Å²) in [5.74, 6) is -2.00. The molecule has 1 aliphatic heterocycles. The van der Waals surface area contributed by atoms with Crippen LogP contribution in [0.2, 0.25) is 0 Å². The lowest BCUT2D eigenvalue weighted by Crippen LogP contribution is -2.39. The first kappa shape index (κ1) is 22.6. The number of likely N-dealkylation sites (tertiary alicyclic amines) is 1. The normalized spacial score (nSPS) is 26.1. The van der Waals surface area contributed by atoms with Gasteiger partial charge < -0.3 is 4.90 Å². The van der Waals surface area contributed by atoms with E-state index in [1.165, 1.54) is 18.2 Å². The summed E-state index contributed by atoms with van der Waals surface area (Å²) in [5.41, 5.74) is -0.366. The van der Waals surface area contributed by atoms with Crippen molar-refractivity contribution in [2.45, 2.75) is 37.6 Å². The molecule has 168 valence electrons. The van der Waals surface area contributed by atoms with Crippen molar-refractivity contribution in [1.82, 2.24) is 9.62 Å². The van der Waals surface area contributed by atoms with Crippen LogP contribution in [0, 0.1) is 28.4 Å². The predicted octanol–water partition coefficient (Wildman–Crippen LogP) is 3.89. The van der Waals surface area contributed by atoms with Gasteiger partial charge in [-0.05, 0) is 48.9 Å². The average molecular weight is 458 g/mol. The Morgan fingerprint density at radius 2 is 1.88 bits per heavy atom. The molecular weight excluding hydrogens is 432 g/mol. The van der Waals surface area contributed by atoms with Gasteiger partial charge in [0.2, 0.25) is 5.91 Å². The number of nitriles is 1. The summed E-state index contributed by atoms with van der Waals surface area (Å²) in [6, 6.07) is 12.9. The molecule has 4 atom stereocenters. The van der Waals surface area contributed by atoms with E-state index in [2.05, 4.69) is 10.8 Å². The molecule has 8 heteroatoms. The van der Waals surface area contributed by atoms with Crippen molar-refractivity contribution in [2.75, 3.05) is 19.3 Å². The highest BCUT2D eigenvalue weighted by molar-refractivity contribution is 7.82. The summed E-state index contributed by atoms with van der Waals surface area (Å²) in [7, 11) is -1.12. The van der Waals surface area contributed by atoms with Crippen LogP contribution in [0.25, 0.3) is 11.1 Å². The third-order valence-corrected chi connectivity index (χ3v) is 7.12. The standard InChI is InChI=1S/C24H25F2N3O2S/c1-32(31)28-16-6-5-12-29(13-11-16)23(30)24(15-27)14-19(24)17-7-2-3-8-18(17)22-20(25)9-4-10-21(22)26/h2-4,7-10,16,19,28H,5-6,11-14H2,1H3. The van der Waals surface area contributed by atoms with E-state index in [9.17, 15) is 23.0 Å². The molecule has 1 aliphatic carbocycles. The van der Waals surface area contributed by atoms with E-state index in [-0.39, 0.29) is 17.5 Å². The highest BCUT2D eigenvalue weighted by Gasteiger charge is 2.63. The Morgan fingerprint density at radius 1 is 1.16 bits per heavy atom. The second-order valence-electron chi connectivity index (χ2n) is 8.52. The minimum atomic E-state index is -1.22. The zero-order valence-corrected chi connectivity index (χ0v) is 18.6. The molecule has 4 unspecified atom stereocenters. The quantitative estimate of drug-likeness (QED) is 0.740. The lowest BCUT2D eigenvalue weighted by molar-refractivity contribution is -0.135. The van der Waals surface area contributed by atoms with Crippen molar-refractivity contribution >= 4 is 16.9 Å². The highest BCUT2D eigenvalue weighted by atomic mass is 32.2. The molecule has 1 heterocycles. The van der Waals surface area contributed by atoms with Crippen molar-refractivity contribution in [1.29, 1.82) is 5.26 Å². The van der Waals surface area contributed by atoms with Crippen LogP contribution in [0.5, 0.6) is 0 Å². The van der Waals surface area contributed by atoms with Crippen molar-refractivity contribution in [3.63, 3.8) is 0 Å². The number of hydrogen-bond donors (Lipinski definition) is 1. The summed E-state index contributed by atoms with van der Waals surface area (Å²) < 4.78 is 43.5. The molecule has 1 N–H and O–H groups in total. The van der Waals surface area contributed by atoms with Crippen molar-refractivity contribution in [3.8, 4) is 17.2 Å². The maximum Gasteiger partial charge on any atom is 0.243 e. The second-order valence-corrected chi connectivity index (χ2v) is 9.66. The summed E-state index contributed by atoms with van der Waals surface area (Å²) >= 11 is 0. The molecule has 2 fully saturated rings. The Balaban J connectivity index is 1.59. The molecule has 2 aliphatic rings. The fourth-order valence-corrected chi connectivity index (χ4v) is 5.47. The minimum absolute atomic E-state index is 0.0661. The topological polar surface area (TPSA) is 73.2 Å². The van der Waals surface area contributed by atoms with E-state index in [1.54, 1.807) is 35.4 Å². The molecular formula is C24H25F2N3O2S. The van der Waals surface area contributed by atoms with E-state index in [1.807, 2.05) is 0 Å². The van der Waals surface area contributed by atoms with Gasteiger partial charge in [-0.2, -0.15) is 5.26 Å². The molecule has 0 aromatic heterocycles. The van der Waals surface area contributed by atoms with E-state index < -0.39 is 34.0 Å². The molecule has 0 radical (unpaired) electrons. The lowest BCUT2D eigenvalue weighted by Gasteiger charge is -2.24. The first-order chi connectivity index (χ1) is 15.4. The number of amides is 1. The summed E-state index contributed by atoms with van der Waals surface area (Å²) in [6.45, 7) is 1.01. The van der Waals surface area contributed by atoms with Crippen LogP contribution in [-0.2, 0) is 15.8 Å². The Hall–Kier alpha value is -2.63. The number of benzene rings is 2. The van der Waals surface area contributed by atoms with E-state index in [0.717, 1.165) is 12.8 Å². The molecule has 2 aromatic carbocycles. The maximum absolute atomic E-state index is 14.5. The molecule has 1 saturated heterocycles. The SMILES string of the molecule is CS(=O)NC1CCCN(C(=O)C2(C#N)CC2c2ccccc2-c2c(F)cccc2F)CC1. The fraction of sp³-hybridized carbons (Fsp3) is 0.417. The Labute approximate surface area is 189 Å². The van der Waals surface area contributed by atoms with Crippen LogP contribution in [0.3, 0.4) is 0 Å². The molecule has 0 spiro atoms. The third kappa shape index (κ3) is 4.19. The van der Waals surface area contributed by atoms with Crippen LogP contribution in [0.4, 0.5) is 8.78 Å². The Kier molecular flexibility index (Phi) is 6.40. The smallest absolute Gasteiger partial charge is 0.243 e. The average Bonchev–Trinajstić information content (AvgIpc) is 3.54. The Bertz CT molecular complexity index is 1080. The maximum atomic E-state index is 14.5. The Morgan fingerprint density at radius 3 is 2.56 bits per heavy atom. The molecule has 4 rings (SSSR count). The van der Waals surface area contributed by atoms with Gasteiger partial charge in [-0.25, -0.2) is 17.7 Å². The van der Waals surface area contributed by atoms with Crippen LogP contribution >= 0.6 is 0 Å². The van der Waals surface area contributed by atoms with Crippen LogP contribution in [0.1, 0.15) is 37.2 Å². The number of nitrogens with one attached hydrogen (secondary N) is 1. The lowest BCUT2D eigenvalue weighted by atomic mass is 9.91. The summed E-state index contributed by atoms with van der Waals surface area (Å²) in [5, 5.41) is 10.0. The van der Waals surface area contributed by atoms with Crippen molar-refractivity contribution in [3.05, 3.63) is 59.7 Å². The largest absolute Gasteiger partial charge is 0.341 e. The third-order valence-electron chi connectivity index (χ3n) is 6.46. The number of nitrogens with zero attached hydrogens (tertiary/aromatic N) is 2. The van der Waals surface area contributed by atoms with Gasteiger partial charge in [0.25, 0.3) is 0 Å². The van der Waals surface area contributed by atoms with E-state index >= 15 is 0 Å². The van der Waals surface area contributed by atoms with Gasteiger partial charge in [-0.15, -0.1) is 0 Å². The molecule has 32 heavy (non-hydrogen) atoms. The van der Waals surface area contributed by atoms with Crippen LogP contribution in [-0.4, -0.2) is 40.4 Å². The first-order valence-corrected chi connectivity index (χ1v) is 12.3. The van der Waals surface area contributed by atoms with Crippen LogP contribution < -0.4 is 4.72 Å². The number of carbonyl (C=O) groups excluding carboxylic acids is 1. The molecule has 2 aromatic rings. The number of rotatable bonds is 5. The first-order valence-electron chi connectivity index (χ1n) is 10.7. The monoisotopic (exact) mass is 457 g/mol. The highest BCUT2D eigenvalue weighted by Crippen LogP contribution is 2.61. The summed E-state index contributed by atoms with van der Waals surface area (Å²) in [4.78, 5) is 15.2. The van der Waals surface area contributed by atoms with Gasteiger partial charge in [0.1, 0.15) is 17.0 Å². The van der Waals surface area contributed by atoms with Gasteiger partial charge >= 0.3 is 0 Å². The number of carbonyl (C=O) groups is 1. The zero-order valence-electron chi connectivity index (χ0n) is 17.8. The van der Waals surface area contributed by atoms with Crippen molar-refractivity contribution < 1.29 is 17.8 Å². The molecule has 5 nitrogen and oxygen atoms in total. The molecule has 1 amide bonds. The second kappa shape index (κ2) is 9.08. The number of halogens is 2. The van der Waals surface area contributed by atoms with Crippen molar-refractivity contribution in [2.24, 2.45) is 5.41 Å².